The van der Waals surface area contributed by atoms with Crippen LogP contribution in [0.2, 0.25) is 0 Å². The van der Waals surface area contributed by atoms with Crippen LogP contribution >= 0.6 is 0 Å². The number of hydrogen-bond donors (Lipinski definition) is 2. The van der Waals surface area contributed by atoms with Crippen molar-refractivity contribution in [3.8, 4) is 0 Å². The standard InChI is InChI=1S/C10H13N3O/c1-11-8-4-5-9(12-6-8)10(14)13-7-2-3-7/h4-7,11H,2-3H2,1H3,(H,13,14). The fraction of sp³-hybridized carbons (Fsp3) is 0.400. The molecule has 0 aliphatic heterocycles. The maximum atomic E-state index is 11.5. The molecule has 4 nitrogen and oxygen atoms in total. The third kappa shape index (κ3) is 2.02. The molecule has 0 bridgehead atoms. The van der Waals surface area contributed by atoms with E-state index in [4.69, 9.17) is 0 Å². The molecule has 4 heteroatoms. The average molecular weight is 191 g/mol. The lowest BCUT2D eigenvalue weighted by molar-refractivity contribution is 0.0946. The van der Waals surface area contributed by atoms with Gasteiger partial charge in [-0.2, -0.15) is 0 Å². The highest BCUT2D eigenvalue weighted by molar-refractivity contribution is 5.92. The van der Waals surface area contributed by atoms with Crippen LogP contribution in [0.25, 0.3) is 0 Å². The minimum Gasteiger partial charge on any atom is -0.387 e. The summed E-state index contributed by atoms with van der Waals surface area (Å²) in [5.74, 6) is -0.0739. The van der Waals surface area contributed by atoms with Crippen molar-refractivity contribution in [1.82, 2.24) is 10.3 Å². The summed E-state index contributed by atoms with van der Waals surface area (Å²) in [6, 6.07) is 3.95. The Kier molecular flexibility index (Phi) is 2.35. The number of nitrogens with one attached hydrogen (secondary N) is 2. The Balaban J connectivity index is 2.03. The lowest BCUT2D eigenvalue weighted by Crippen LogP contribution is -2.26. The summed E-state index contributed by atoms with van der Waals surface area (Å²) in [5, 5.41) is 5.84. The topological polar surface area (TPSA) is 54.0 Å². The summed E-state index contributed by atoms with van der Waals surface area (Å²) in [4.78, 5) is 15.6. The maximum Gasteiger partial charge on any atom is 0.270 e. The number of hydrogen-bond acceptors (Lipinski definition) is 3. The van der Waals surface area contributed by atoms with E-state index in [-0.39, 0.29) is 5.91 Å². The summed E-state index contributed by atoms with van der Waals surface area (Å²) in [6.45, 7) is 0. The zero-order valence-electron chi connectivity index (χ0n) is 8.08. The highest BCUT2D eigenvalue weighted by Crippen LogP contribution is 2.19. The predicted molar refractivity (Wildman–Crippen MR) is 54.3 cm³/mol. The van der Waals surface area contributed by atoms with Crippen molar-refractivity contribution in [2.45, 2.75) is 18.9 Å². The Morgan fingerprint density at radius 2 is 2.29 bits per heavy atom. The van der Waals surface area contributed by atoms with Gasteiger partial charge in [-0.1, -0.05) is 0 Å². The summed E-state index contributed by atoms with van der Waals surface area (Å²) >= 11 is 0. The Morgan fingerprint density at radius 1 is 1.50 bits per heavy atom. The third-order valence-corrected chi connectivity index (χ3v) is 2.20. The Morgan fingerprint density at radius 3 is 2.79 bits per heavy atom. The van der Waals surface area contributed by atoms with Crippen LogP contribution in [-0.4, -0.2) is 24.0 Å². The van der Waals surface area contributed by atoms with Gasteiger partial charge < -0.3 is 10.6 Å². The second-order valence-corrected chi connectivity index (χ2v) is 3.43. The van der Waals surface area contributed by atoms with Crippen molar-refractivity contribution in [2.24, 2.45) is 0 Å². The molecular weight excluding hydrogens is 178 g/mol. The molecule has 0 saturated heterocycles. The van der Waals surface area contributed by atoms with Crippen molar-refractivity contribution in [3.05, 3.63) is 24.0 Å². The van der Waals surface area contributed by atoms with Crippen LogP contribution in [-0.2, 0) is 0 Å². The molecule has 0 unspecified atom stereocenters. The second-order valence-electron chi connectivity index (χ2n) is 3.43. The van der Waals surface area contributed by atoms with Crippen molar-refractivity contribution >= 4 is 11.6 Å². The van der Waals surface area contributed by atoms with Gasteiger partial charge in [-0.05, 0) is 25.0 Å². The molecule has 1 aliphatic carbocycles. The molecule has 0 radical (unpaired) electrons. The first-order chi connectivity index (χ1) is 6.79. The molecule has 1 aromatic rings. The minimum atomic E-state index is -0.0739. The number of anilines is 1. The van der Waals surface area contributed by atoms with E-state index in [1.54, 1.807) is 12.3 Å². The van der Waals surface area contributed by atoms with Crippen LogP contribution < -0.4 is 10.6 Å². The van der Waals surface area contributed by atoms with Gasteiger partial charge in [0, 0.05) is 13.1 Å². The Bertz CT molecular complexity index is 330. The van der Waals surface area contributed by atoms with Crippen LogP contribution in [0, 0.1) is 0 Å². The van der Waals surface area contributed by atoms with Crippen LogP contribution in [0.4, 0.5) is 5.69 Å². The molecule has 2 rings (SSSR count). The largest absolute Gasteiger partial charge is 0.387 e. The van der Waals surface area contributed by atoms with E-state index >= 15 is 0 Å². The molecule has 1 fully saturated rings. The van der Waals surface area contributed by atoms with Gasteiger partial charge >= 0.3 is 0 Å². The van der Waals surface area contributed by atoms with Crippen molar-refractivity contribution in [1.29, 1.82) is 0 Å². The normalized spacial score (nSPS) is 14.9. The van der Waals surface area contributed by atoms with Crippen LogP contribution in [0.1, 0.15) is 23.3 Å². The van der Waals surface area contributed by atoms with Gasteiger partial charge in [-0.15, -0.1) is 0 Å². The lowest BCUT2D eigenvalue weighted by Gasteiger charge is -2.03. The smallest absolute Gasteiger partial charge is 0.270 e. The molecular formula is C10H13N3O. The average Bonchev–Trinajstić information content (AvgIpc) is 3.02. The maximum absolute atomic E-state index is 11.5. The zero-order valence-corrected chi connectivity index (χ0v) is 8.08. The minimum absolute atomic E-state index is 0.0739. The number of amides is 1. The Labute approximate surface area is 82.7 Å². The van der Waals surface area contributed by atoms with E-state index in [0.29, 0.717) is 11.7 Å². The van der Waals surface area contributed by atoms with E-state index in [1.807, 2.05) is 13.1 Å². The number of rotatable bonds is 3. The van der Waals surface area contributed by atoms with E-state index in [0.717, 1.165) is 18.5 Å². The first-order valence-corrected chi connectivity index (χ1v) is 4.74. The van der Waals surface area contributed by atoms with Gasteiger partial charge in [-0.25, -0.2) is 4.98 Å². The molecule has 1 heterocycles. The number of carbonyl (C=O) groups excluding carboxylic acids is 1. The second kappa shape index (κ2) is 3.65. The van der Waals surface area contributed by atoms with Gasteiger partial charge in [0.2, 0.25) is 0 Å². The van der Waals surface area contributed by atoms with Gasteiger partial charge in [-0.3, -0.25) is 4.79 Å². The van der Waals surface area contributed by atoms with E-state index in [1.165, 1.54) is 0 Å². The molecule has 1 aromatic heterocycles. The number of aromatic nitrogens is 1. The van der Waals surface area contributed by atoms with E-state index in [9.17, 15) is 4.79 Å². The molecule has 0 aromatic carbocycles. The predicted octanol–water partition coefficient (Wildman–Crippen LogP) is 1.02. The zero-order chi connectivity index (χ0) is 9.97. The summed E-state index contributed by atoms with van der Waals surface area (Å²) in [7, 11) is 1.82. The molecule has 14 heavy (non-hydrogen) atoms. The van der Waals surface area contributed by atoms with Gasteiger partial charge in [0.05, 0.1) is 11.9 Å². The molecule has 1 saturated carbocycles. The monoisotopic (exact) mass is 191 g/mol. The number of carbonyl (C=O) groups is 1. The summed E-state index contributed by atoms with van der Waals surface area (Å²) in [6.07, 6.45) is 3.85. The fourth-order valence-corrected chi connectivity index (χ4v) is 1.16. The molecule has 0 atom stereocenters. The molecule has 1 amide bonds. The quantitative estimate of drug-likeness (QED) is 0.749. The highest BCUT2D eigenvalue weighted by Gasteiger charge is 2.24. The van der Waals surface area contributed by atoms with Crippen molar-refractivity contribution in [3.63, 3.8) is 0 Å². The van der Waals surface area contributed by atoms with Crippen LogP contribution in [0.3, 0.4) is 0 Å². The van der Waals surface area contributed by atoms with Crippen LogP contribution in [0.15, 0.2) is 18.3 Å². The van der Waals surface area contributed by atoms with Crippen molar-refractivity contribution < 1.29 is 4.79 Å². The van der Waals surface area contributed by atoms with Gasteiger partial charge in [0.15, 0.2) is 0 Å². The fourth-order valence-electron chi connectivity index (χ4n) is 1.16. The first-order valence-electron chi connectivity index (χ1n) is 4.74. The first kappa shape index (κ1) is 8.99. The SMILES string of the molecule is CNc1ccc(C(=O)NC2CC2)nc1. The molecule has 2 N–H and O–H groups in total. The van der Waals surface area contributed by atoms with Gasteiger partial charge in [0.1, 0.15) is 5.69 Å². The van der Waals surface area contributed by atoms with Crippen LogP contribution in [0.5, 0.6) is 0 Å². The number of pyridine rings is 1. The molecule has 74 valence electrons. The van der Waals surface area contributed by atoms with Crippen molar-refractivity contribution in [2.75, 3.05) is 12.4 Å². The molecule has 0 spiro atoms. The third-order valence-electron chi connectivity index (χ3n) is 2.20. The van der Waals surface area contributed by atoms with Gasteiger partial charge in [0.25, 0.3) is 5.91 Å². The lowest BCUT2D eigenvalue weighted by atomic mass is 10.3. The van der Waals surface area contributed by atoms with E-state index in [2.05, 4.69) is 15.6 Å². The van der Waals surface area contributed by atoms with E-state index < -0.39 is 0 Å². The number of nitrogens with zero attached hydrogens (tertiary/aromatic N) is 1. The highest BCUT2D eigenvalue weighted by atomic mass is 16.2. The summed E-state index contributed by atoms with van der Waals surface area (Å²) < 4.78 is 0. The Hall–Kier alpha value is -1.58. The molecule has 1 aliphatic rings. The summed E-state index contributed by atoms with van der Waals surface area (Å²) in [5.41, 5.74) is 1.39.